The lowest BCUT2D eigenvalue weighted by molar-refractivity contribution is -0.137. The van der Waals surface area contributed by atoms with E-state index in [4.69, 9.17) is 0 Å². The van der Waals surface area contributed by atoms with Crippen molar-refractivity contribution in [1.29, 1.82) is 0 Å². The van der Waals surface area contributed by atoms with Crippen molar-refractivity contribution >= 4 is 27.6 Å². The highest BCUT2D eigenvalue weighted by molar-refractivity contribution is 7.89. The summed E-state index contributed by atoms with van der Waals surface area (Å²) in [4.78, 5) is 25.6. The van der Waals surface area contributed by atoms with Gasteiger partial charge in [0.2, 0.25) is 21.7 Å². The van der Waals surface area contributed by atoms with Gasteiger partial charge in [-0.15, -0.1) is 0 Å². The van der Waals surface area contributed by atoms with E-state index in [0.29, 0.717) is 35.7 Å². The molecule has 8 nitrogen and oxygen atoms in total. The Balaban J connectivity index is 1.57. The molecule has 0 aromatic heterocycles. The van der Waals surface area contributed by atoms with Gasteiger partial charge in [0.05, 0.1) is 23.5 Å². The number of hydrogen-bond acceptors (Lipinski definition) is 5. The number of carbonyl (C=O) groups excluding carboxylic acids is 1. The fourth-order valence-electron chi connectivity index (χ4n) is 6.10. The zero-order chi connectivity index (χ0) is 38.8. The van der Waals surface area contributed by atoms with E-state index in [2.05, 4.69) is 0 Å². The smallest absolute Gasteiger partial charge is 0.416 e. The summed E-state index contributed by atoms with van der Waals surface area (Å²) < 4.78 is 139. The van der Waals surface area contributed by atoms with Crippen molar-refractivity contribution < 1.29 is 63.3 Å². The number of halogens is 8. The molecule has 0 saturated heterocycles. The lowest BCUT2D eigenvalue weighted by Gasteiger charge is -2.28. The monoisotopic (exact) mass is 770 g/mol. The summed E-state index contributed by atoms with van der Waals surface area (Å²) >= 11 is 0. The van der Waals surface area contributed by atoms with Crippen molar-refractivity contribution in [2.24, 2.45) is 0 Å². The Bertz CT molecular complexity index is 2090. The van der Waals surface area contributed by atoms with Crippen molar-refractivity contribution in [3.8, 4) is 5.75 Å². The number of nitrogens with zero attached hydrogens (tertiary/aromatic N) is 2. The van der Waals surface area contributed by atoms with E-state index in [1.54, 1.807) is 12.1 Å². The van der Waals surface area contributed by atoms with Crippen LogP contribution in [0.5, 0.6) is 5.75 Å². The number of aromatic hydroxyl groups is 1. The number of sulfonamides is 1. The lowest BCUT2D eigenvalue weighted by atomic mass is 9.84. The van der Waals surface area contributed by atoms with Crippen LogP contribution in [0.2, 0.25) is 0 Å². The predicted molar refractivity (Wildman–Crippen MR) is 174 cm³/mol. The maximum atomic E-state index is 14.9. The second-order valence-corrected chi connectivity index (χ2v) is 14.3. The fraction of sp³-hybridized carbons (Fsp3) is 0.278. The molecule has 1 saturated carbocycles. The third kappa shape index (κ3) is 8.46. The maximum absolute atomic E-state index is 14.9. The summed E-state index contributed by atoms with van der Waals surface area (Å²) in [6, 6.07) is 11.7. The molecule has 4 aromatic carbocycles. The van der Waals surface area contributed by atoms with Crippen LogP contribution >= 0.6 is 0 Å². The molecule has 0 aliphatic heterocycles. The number of aromatic carboxylic acids is 1. The number of carboxylic acid groups (broad SMARTS) is 1. The van der Waals surface area contributed by atoms with Gasteiger partial charge in [-0.05, 0) is 66.3 Å². The Morgan fingerprint density at radius 1 is 0.755 bits per heavy atom. The largest absolute Gasteiger partial charge is 0.507 e. The lowest BCUT2D eigenvalue weighted by Crippen LogP contribution is -2.43. The van der Waals surface area contributed by atoms with Gasteiger partial charge in [-0.3, -0.25) is 4.79 Å². The fourth-order valence-corrected chi connectivity index (χ4v) is 7.46. The van der Waals surface area contributed by atoms with Crippen LogP contribution in [0.3, 0.4) is 0 Å². The highest BCUT2D eigenvalue weighted by atomic mass is 32.2. The van der Waals surface area contributed by atoms with Crippen LogP contribution < -0.4 is 4.90 Å². The van der Waals surface area contributed by atoms with Gasteiger partial charge in [0.25, 0.3) is 0 Å². The van der Waals surface area contributed by atoms with Gasteiger partial charge in [-0.1, -0.05) is 43.5 Å². The van der Waals surface area contributed by atoms with Gasteiger partial charge in [0.1, 0.15) is 11.3 Å². The number of carboxylic acids is 1. The average molecular weight is 771 g/mol. The molecule has 53 heavy (non-hydrogen) atoms. The van der Waals surface area contributed by atoms with Crippen molar-refractivity contribution in [3.63, 3.8) is 0 Å². The molecule has 5 rings (SSSR count). The van der Waals surface area contributed by atoms with Crippen molar-refractivity contribution in [3.05, 3.63) is 124 Å². The molecule has 2 N–H and O–H groups in total. The Kier molecular flexibility index (Phi) is 11.5. The van der Waals surface area contributed by atoms with E-state index >= 15 is 0 Å². The van der Waals surface area contributed by atoms with E-state index in [-0.39, 0.29) is 16.5 Å². The van der Waals surface area contributed by atoms with Crippen LogP contribution in [0.25, 0.3) is 0 Å². The summed E-state index contributed by atoms with van der Waals surface area (Å²) in [5.74, 6) is -15.4. The molecule has 4 aromatic rings. The van der Waals surface area contributed by atoms with Gasteiger partial charge >= 0.3 is 12.1 Å². The minimum Gasteiger partial charge on any atom is -0.507 e. The Labute approximate surface area is 297 Å². The normalized spacial score (nSPS) is 14.1. The quantitative estimate of drug-likeness (QED) is 0.0902. The number of benzene rings is 4. The molecule has 0 heterocycles. The molecular weight excluding hydrogens is 740 g/mol. The average Bonchev–Trinajstić information content (AvgIpc) is 3.13. The van der Waals surface area contributed by atoms with Crippen LogP contribution in [0.15, 0.2) is 71.6 Å². The van der Waals surface area contributed by atoms with Gasteiger partial charge in [-0.25, -0.2) is 35.2 Å². The summed E-state index contributed by atoms with van der Waals surface area (Å²) in [6.45, 7) is -3.38. The predicted octanol–water partition coefficient (Wildman–Crippen LogP) is 8.28. The molecule has 1 amide bonds. The number of carbonyl (C=O) groups is 2. The first kappa shape index (κ1) is 39.2. The van der Waals surface area contributed by atoms with E-state index < -0.39 is 97.6 Å². The number of hydrogen-bond donors (Lipinski definition) is 2. The van der Waals surface area contributed by atoms with E-state index in [1.165, 1.54) is 0 Å². The molecule has 0 unspecified atom stereocenters. The molecular formula is C36H30F8N2O6S. The summed E-state index contributed by atoms with van der Waals surface area (Å²) in [6.07, 6.45) is 0.291. The van der Waals surface area contributed by atoms with Gasteiger partial charge < -0.3 is 15.1 Å². The minimum absolute atomic E-state index is 0.0286. The Hall–Kier alpha value is -5.03. The summed E-state index contributed by atoms with van der Waals surface area (Å²) in [5.41, 5.74) is -2.18. The van der Waals surface area contributed by atoms with Gasteiger partial charge in [-0.2, -0.15) is 17.5 Å². The molecule has 1 fully saturated rings. The van der Waals surface area contributed by atoms with Crippen LogP contribution in [0, 0.1) is 29.1 Å². The zero-order valence-corrected chi connectivity index (χ0v) is 28.3. The van der Waals surface area contributed by atoms with Crippen LogP contribution in [-0.4, -0.2) is 41.4 Å². The first-order valence-corrected chi connectivity index (χ1v) is 17.5. The van der Waals surface area contributed by atoms with Crippen molar-refractivity contribution in [2.45, 2.75) is 62.2 Å². The number of rotatable bonds is 11. The number of amides is 1. The SMILES string of the molecule is O=C(O)c1ccc(N(Cc2ccc(C3CCCCC3)cc2)C(=O)CN(Cc2c(F)c(F)c(F)c(F)c2F)S(=O)(=O)c2ccc(C(F)(F)F)cc2)cc1O. The standard InChI is InChI=1S/C36H30F8N2O6S/c37-30-27(31(38)33(40)34(41)32(30)39)18-45(53(51,52)25-13-10-23(11-14-25)36(42,43)44)19-29(48)46(24-12-15-26(35(49)50)28(47)16-24)17-20-6-8-22(9-7-20)21-4-2-1-3-5-21/h6-16,21,47H,1-5,17-19H2,(H,49,50). The molecule has 0 spiro atoms. The van der Waals surface area contributed by atoms with E-state index in [9.17, 15) is 63.3 Å². The first-order chi connectivity index (χ1) is 24.9. The highest BCUT2D eigenvalue weighted by Crippen LogP contribution is 2.34. The minimum atomic E-state index is -5.24. The second-order valence-electron chi connectivity index (χ2n) is 12.4. The van der Waals surface area contributed by atoms with E-state index in [0.717, 1.165) is 60.8 Å². The van der Waals surface area contributed by atoms with E-state index in [1.807, 2.05) is 12.1 Å². The third-order valence-corrected chi connectivity index (χ3v) is 10.8. The number of phenols is 1. The molecule has 1 aliphatic carbocycles. The zero-order valence-electron chi connectivity index (χ0n) is 27.4. The molecule has 0 atom stereocenters. The maximum Gasteiger partial charge on any atom is 0.416 e. The van der Waals surface area contributed by atoms with Crippen molar-refractivity contribution in [1.82, 2.24) is 4.31 Å². The summed E-state index contributed by atoms with van der Waals surface area (Å²) in [7, 11) is -5.24. The molecule has 0 bridgehead atoms. The molecule has 17 heteroatoms. The summed E-state index contributed by atoms with van der Waals surface area (Å²) in [5, 5.41) is 19.8. The van der Waals surface area contributed by atoms with Crippen molar-refractivity contribution in [2.75, 3.05) is 11.4 Å². The molecule has 282 valence electrons. The number of anilines is 1. The molecule has 1 aliphatic rings. The van der Waals surface area contributed by atoms with Crippen LogP contribution in [0.1, 0.15) is 70.6 Å². The number of alkyl halides is 3. The highest BCUT2D eigenvalue weighted by Gasteiger charge is 2.36. The molecule has 0 radical (unpaired) electrons. The first-order valence-electron chi connectivity index (χ1n) is 16.0. The second kappa shape index (κ2) is 15.5. The topological polar surface area (TPSA) is 115 Å². The van der Waals surface area contributed by atoms with Gasteiger partial charge in [0.15, 0.2) is 23.3 Å². The van der Waals surface area contributed by atoms with Gasteiger partial charge in [0, 0.05) is 23.9 Å². The Morgan fingerprint density at radius 2 is 1.32 bits per heavy atom. The van der Waals surface area contributed by atoms with Crippen LogP contribution in [-0.2, 0) is 34.1 Å². The Morgan fingerprint density at radius 3 is 1.85 bits per heavy atom. The third-order valence-electron chi connectivity index (χ3n) is 8.99. The van der Waals surface area contributed by atoms with Crippen LogP contribution in [0.4, 0.5) is 40.8 Å².